The first-order chi connectivity index (χ1) is 9.78. The second kappa shape index (κ2) is 6.17. The van der Waals surface area contributed by atoms with Crippen molar-refractivity contribution in [1.82, 2.24) is 4.90 Å². The average Bonchev–Trinajstić information content (AvgIpc) is 2.54. The van der Waals surface area contributed by atoms with Crippen LogP contribution >= 0.6 is 0 Å². The van der Waals surface area contributed by atoms with E-state index < -0.39 is 0 Å². The fraction of sp³-hybridized carbons (Fsp3) is 0.667. The Bertz CT molecular complexity index is 435. The topological polar surface area (TPSA) is 15.3 Å². The van der Waals surface area contributed by atoms with Crippen LogP contribution in [0.25, 0.3) is 0 Å². The van der Waals surface area contributed by atoms with E-state index in [2.05, 4.69) is 48.5 Å². The summed E-state index contributed by atoms with van der Waals surface area (Å²) in [5, 5.41) is 3.61. The Morgan fingerprint density at radius 2 is 1.85 bits per heavy atom. The standard InChI is InChI=1S/C18H28N2/c1-3-14-8-10-16(11-9-14)20(2)17-12-15-6-4-5-7-18(15)19-13-17/h4-7,14,16-17,19H,3,8-13H2,1-2H3. The third-order valence-corrected chi connectivity index (χ3v) is 5.55. The maximum Gasteiger partial charge on any atom is 0.0373 e. The van der Waals surface area contributed by atoms with Crippen molar-refractivity contribution in [2.75, 3.05) is 18.9 Å². The monoisotopic (exact) mass is 272 g/mol. The molecule has 2 aliphatic rings. The van der Waals surface area contributed by atoms with Gasteiger partial charge >= 0.3 is 0 Å². The highest BCUT2D eigenvalue weighted by Crippen LogP contribution is 2.31. The summed E-state index contributed by atoms with van der Waals surface area (Å²) >= 11 is 0. The molecule has 1 atom stereocenters. The molecule has 0 spiro atoms. The van der Waals surface area contributed by atoms with Crippen LogP contribution in [0.3, 0.4) is 0 Å². The molecule has 2 nitrogen and oxygen atoms in total. The molecule has 1 saturated carbocycles. The van der Waals surface area contributed by atoms with Crippen molar-refractivity contribution in [3.05, 3.63) is 29.8 Å². The van der Waals surface area contributed by atoms with Gasteiger partial charge in [0, 0.05) is 24.3 Å². The van der Waals surface area contributed by atoms with E-state index >= 15 is 0 Å². The predicted octanol–water partition coefficient (Wildman–Crippen LogP) is 3.92. The van der Waals surface area contributed by atoms with Gasteiger partial charge in [-0.05, 0) is 56.7 Å². The first-order valence-electron chi connectivity index (χ1n) is 8.31. The van der Waals surface area contributed by atoms with Crippen molar-refractivity contribution in [3.8, 4) is 0 Å². The van der Waals surface area contributed by atoms with Crippen LogP contribution in [0.1, 0.15) is 44.6 Å². The lowest BCUT2D eigenvalue weighted by molar-refractivity contribution is 0.122. The van der Waals surface area contributed by atoms with E-state index in [4.69, 9.17) is 0 Å². The molecule has 1 N–H and O–H groups in total. The molecule has 0 aromatic heterocycles. The van der Waals surface area contributed by atoms with Crippen molar-refractivity contribution in [2.24, 2.45) is 5.92 Å². The Morgan fingerprint density at radius 3 is 2.60 bits per heavy atom. The van der Waals surface area contributed by atoms with Gasteiger partial charge in [0.2, 0.25) is 0 Å². The zero-order chi connectivity index (χ0) is 13.9. The van der Waals surface area contributed by atoms with Crippen LogP contribution in [0.15, 0.2) is 24.3 Å². The van der Waals surface area contributed by atoms with Crippen molar-refractivity contribution in [2.45, 2.75) is 57.5 Å². The molecule has 1 fully saturated rings. The Hall–Kier alpha value is -1.02. The normalized spacial score (nSPS) is 29.9. The van der Waals surface area contributed by atoms with E-state index in [0.29, 0.717) is 6.04 Å². The third-order valence-electron chi connectivity index (χ3n) is 5.55. The average molecular weight is 272 g/mol. The minimum absolute atomic E-state index is 0.660. The smallest absolute Gasteiger partial charge is 0.0373 e. The quantitative estimate of drug-likeness (QED) is 0.897. The second-order valence-electron chi connectivity index (χ2n) is 6.64. The fourth-order valence-corrected chi connectivity index (χ4v) is 3.97. The molecule has 1 heterocycles. The predicted molar refractivity (Wildman–Crippen MR) is 86.2 cm³/mol. The van der Waals surface area contributed by atoms with Gasteiger partial charge in [0.15, 0.2) is 0 Å². The minimum Gasteiger partial charge on any atom is -0.383 e. The summed E-state index contributed by atoms with van der Waals surface area (Å²) in [7, 11) is 2.34. The number of fused-ring (bicyclic) bond motifs is 1. The highest BCUT2D eigenvalue weighted by atomic mass is 15.2. The molecular weight excluding hydrogens is 244 g/mol. The Morgan fingerprint density at radius 1 is 1.10 bits per heavy atom. The number of hydrogen-bond donors (Lipinski definition) is 1. The molecule has 0 radical (unpaired) electrons. The van der Waals surface area contributed by atoms with Gasteiger partial charge in [-0.2, -0.15) is 0 Å². The van der Waals surface area contributed by atoms with E-state index in [-0.39, 0.29) is 0 Å². The molecule has 1 aliphatic carbocycles. The van der Waals surface area contributed by atoms with Crippen LogP contribution in [0.4, 0.5) is 5.69 Å². The number of benzene rings is 1. The van der Waals surface area contributed by atoms with Crippen molar-refractivity contribution >= 4 is 5.69 Å². The molecule has 2 heteroatoms. The van der Waals surface area contributed by atoms with Gasteiger partial charge in [-0.1, -0.05) is 31.5 Å². The summed E-state index contributed by atoms with van der Waals surface area (Å²) in [5.74, 6) is 0.991. The summed E-state index contributed by atoms with van der Waals surface area (Å²) in [6.07, 6.45) is 8.23. The first-order valence-corrected chi connectivity index (χ1v) is 8.31. The van der Waals surface area contributed by atoms with Crippen LogP contribution in [0, 0.1) is 5.92 Å². The Kier molecular flexibility index (Phi) is 4.30. The molecule has 0 amide bonds. The van der Waals surface area contributed by atoms with Gasteiger partial charge in [0.1, 0.15) is 0 Å². The van der Waals surface area contributed by atoms with E-state index in [1.54, 1.807) is 0 Å². The molecule has 1 aliphatic heterocycles. The van der Waals surface area contributed by atoms with Gasteiger partial charge in [-0.15, -0.1) is 0 Å². The fourth-order valence-electron chi connectivity index (χ4n) is 3.97. The van der Waals surface area contributed by atoms with Crippen molar-refractivity contribution in [1.29, 1.82) is 0 Å². The molecule has 1 aromatic rings. The van der Waals surface area contributed by atoms with Crippen LogP contribution in [-0.4, -0.2) is 30.6 Å². The Balaban J connectivity index is 1.60. The number of rotatable bonds is 3. The maximum atomic E-state index is 3.61. The summed E-state index contributed by atoms with van der Waals surface area (Å²) in [5.41, 5.74) is 2.82. The van der Waals surface area contributed by atoms with Crippen LogP contribution in [-0.2, 0) is 6.42 Å². The lowest BCUT2D eigenvalue weighted by atomic mass is 9.83. The van der Waals surface area contributed by atoms with Gasteiger partial charge in [-0.25, -0.2) is 0 Å². The zero-order valence-electron chi connectivity index (χ0n) is 12.9. The second-order valence-corrected chi connectivity index (χ2v) is 6.64. The molecule has 110 valence electrons. The van der Waals surface area contributed by atoms with Crippen LogP contribution in [0.2, 0.25) is 0 Å². The van der Waals surface area contributed by atoms with Crippen LogP contribution in [0.5, 0.6) is 0 Å². The third kappa shape index (κ3) is 2.85. The van der Waals surface area contributed by atoms with Crippen molar-refractivity contribution < 1.29 is 0 Å². The van der Waals surface area contributed by atoms with E-state index in [9.17, 15) is 0 Å². The lowest BCUT2D eigenvalue weighted by Crippen LogP contribution is -2.48. The van der Waals surface area contributed by atoms with Crippen molar-refractivity contribution in [3.63, 3.8) is 0 Å². The number of nitrogens with one attached hydrogen (secondary N) is 1. The largest absolute Gasteiger partial charge is 0.383 e. The van der Waals surface area contributed by atoms with Gasteiger partial charge in [-0.3, -0.25) is 4.90 Å². The number of nitrogens with zero attached hydrogens (tertiary/aromatic N) is 1. The summed E-state index contributed by atoms with van der Waals surface area (Å²) in [4.78, 5) is 2.66. The minimum atomic E-state index is 0.660. The van der Waals surface area contributed by atoms with Crippen LogP contribution < -0.4 is 5.32 Å². The summed E-state index contributed by atoms with van der Waals surface area (Å²) in [6, 6.07) is 10.2. The maximum absolute atomic E-state index is 3.61. The number of para-hydroxylation sites is 1. The molecule has 1 aromatic carbocycles. The Labute approximate surface area is 123 Å². The molecule has 0 bridgehead atoms. The molecule has 0 saturated heterocycles. The molecular formula is C18H28N2. The van der Waals surface area contributed by atoms with Gasteiger partial charge in [0.25, 0.3) is 0 Å². The number of hydrogen-bond acceptors (Lipinski definition) is 2. The number of anilines is 1. The highest BCUT2D eigenvalue weighted by Gasteiger charge is 2.29. The number of likely N-dealkylation sites (N-methyl/N-ethyl adjacent to an activating group) is 1. The first kappa shape index (κ1) is 13.9. The molecule has 3 rings (SSSR count). The molecule has 20 heavy (non-hydrogen) atoms. The van der Waals surface area contributed by atoms with E-state index in [1.807, 2.05) is 0 Å². The zero-order valence-corrected chi connectivity index (χ0v) is 12.9. The summed E-state index contributed by atoms with van der Waals surface area (Å²) < 4.78 is 0. The van der Waals surface area contributed by atoms with E-state index in [0.717, 1.165) is 18.5 Å². The highest BCUT2D eigenvalue weighted by molar-refractivity contribution is 5.53. The SMILES string of the molecule is CCC1CCC(N(C)C2CNc3ccccc3C2)CC1. The molecule has 1 unspecified atom stereocenters. The van der Waals surface area contributed by atoms with Gasteiger partial charge in [0.05, 0.1) is 0 Å². The lowest BCUT2D eigenvalue weighted by Gasteiger charge is -2.41. The summed E-state index contributed by atoms with van der Waals surface area (Å²) in [6.45, 7) is 3.44. The van der Waals surface area contributed by atoms with E-state index in [1.165, 1.54) is 49.8 Å². The van der Waals surface area contributed by atoms with Gasteiger partial charge < -0.3 is 5.32 Å².